The van der Waals surface area contributed by atoms with Gasteiger partial charge in [0.25, 0.3) is 11.7 Å². The van der Waals surface area contributed by atoms with Crippen LogP contribution in [0.4, 0.5) is 0 Å². The van der Waals surface area contributed by atoms with Crippen LogP contribution in [0.25, 0.3) is 0 Å². The molecule has 0 bridgehead atoms. The van der Waals surface area contributed by atoms with Gasteiger partial charge in [-0.25, -0.2) is 0 Å². The average molecular weight is 326 g/mol. The van der Waals surface area contributed by atoms with Gasteiger partial charge in [-0.2, -0.15) is 0 Å². The van der Waals surface area contributed by atoms with E-state index in [-0.39, 0.29) is 17.7 Å². The van der Waals surface area contributed by atoms with Gasteiger partial charge in [0.15, 0.2) is 0 Å². The summed E-state index contributed by atoms with van der Waals surface area (Å²) in [5.41, 5.74) is 11.4. The second kappa shape index (κ2) is 9.04. The number of carbonyl (C=O) groups is 2. The molecule has 0 heterocycles. The van der Waals surface area contributed by atoms with Gasteiger partial charge in [-0.15, -0.1) is 11.6 Å². The lowest BCUT2D eigenvalue weighted by Gasteiger charge is -2.18. The normalized spacial score (nSPS) is 14.2. The van der Waals surface area contributed by atoms with Gasteiger partial charge in [0, 0.05) is 5.56 Å². The maximum absolute atomic E-state index is 12.1. The van der Waals surface area contributed by atoms with Crippen molar-refractivity contribution in [2.45, 2.75) is 19.4 Å². The molecule has 7 heteroatoms. The lowest BCUT2D eigenvalue weighted by molar-refractivity contribution is -0.467. The van der Waals surface area contributed by atoms with Crippen LogP contribution in [0, 0.1) is 5.92 Å². The molecular formula is C15H22ClN4O2+. The molecule has 0 saturated heterocycles. The largest absolute Gasteiger partial charge is 0.368 e. The monoisotopic (exact) mass is 325 g/mol. The van der Waals surface area contributed by atoms with Crippen molar-refractivity contribution < 1.29 is 14.6 Å². The Bertz CT molecular complexity index is 534. The first-order chi connectivity index (χ1) is 10.4. The molecule has 1 rings (SSSR count). The van der Waals surface area contributed by atoms with Gasteiger partial charge in [-0.3, -0.25) is 20.3 Å². The van der Waals surface area contributed by atoms with Crippen LogP contribution in [0.15, 0.2) is 30.3 Å². The Morgan fingerprint density at radius 1 is 1.27 bits per heavy atom. The van der Waals surface area contributed by atoms with Gasteiger partial charge in [0.05, 0.1) is 6.54 Å². The Kier molecular flexibility index (Phi) is 7.39. The van der Waals surface area contributed by atoms with E-state index in [9.17, 15) is 9.59 Å². The van der Waals surface area contributed by atoms with Gasteiger partial charge < -0.3 is 11.1 Å². The van der Waals surface area contributed by atoms with Gasteiger partial charge in [0.2, 0.25) is 5.91 Å². The second-order valence-corrected chi connectivity index (χ2v) is 5.44. The number of carbonyl (C=O) groups excluding carboxylic acids is 2. The summed E-state index contributed by atoms with van der Waals surface area (Å²) >= 11 is 5.57. The maximum Gasteiger partial charge on any atom is 0.255 e. The molecule has 0 aromatic heterocycles. The molecule has 2 unspecified atom stereocenters. The molecule has 0 aliphatic rings. The van der Waals surface area contributed by atoms with E-state index in [4.69, 9.17) is 23.1 Å². The van der Waals surface area contributed by atoms with Gasteiger partial charge in [0.1, 0.15) is 11.9 Å². The van der Waals surface area contributed by atoms with Crippen molar-refractivity contribution in [3.8, 4) is 0 Å². The topological polar surface area (TPSA) is 112 Å². The first-order valence-corrected chi connectivity index (χ1v) is 7.53. The highest BCUT2D eigenvalue weighted by Crippen LogP contribution is 2.06. The van der Waals surface area contributed by atoms with Gasteiger partial charge >= 0.3 is 0 Å². The predicted molar refractivity (Wildman–Crippen MR) is 86.4 cm³/mol. The van der Waals surface area contributed by atoms with E-state index < -0.39 is 11.9 Å². The number of nitrogens with one attached hydrogen (secondary N) is 2. The Morgan fingerprint density at radius 2 is 1.91 bits per heavy atom. The zero-order valence-corrected chi connectivity index (χ0v) is 13.3. The van der Waals surface area contributed by atoms with Crippen LogP contribution < -0.4 is 21.8 Å². The van der Waals surface area contributed by atoms with E-state index in [0.29, 0.717) is 24.4 Å². The van der Waals surface area contributed by atoms with Crippen molar-refractivity contribution >= 4 is 29.3 Å². The maximum atomic E-state index is 12.1. The number of alkyl halides is 1. The fourth-order valence-corrected chi connectivity index (χ4v) is 2.01. The molecule has 6 nitrogen and oxygen atoms in total. The smallest absolute Gasteiger partial charge is 0.255 e. The Balaban J connectivity index is 2.62. The van der Waals surface area contributed by atoms with Crippen molar-refractivity contribution in [1.82, 2.24) is 5.32 Å². The summed E-state index contributed by atoms with van der Waals surface area (Å²) in [5, 5.41) is 2.66. The summed E-state index contributed by atoms with van der Waals surface area (Å²) in [6, 6.07) is 7.94. The van der Waals surface area contributed by atoms with E-state index in [2.05, 4.69) is 10.3 Å². The standard InChI is InChI=1S/C15H21ClN4O2/c1-10(9-19-13(17)8-16)7-12(14(18)21)20-15(22)11-5-3-2-4-6-11/h2-6,10,12H,7-9H2,1H3,(H2,17,19)(H2,18,21)(H,20,22)/p+1. The SMILES string of the molecule is CC(C[NH+]=C(N)CCl)CC(NC(=O)c1ccccc1)C(N)=O. The van der Waals surface area contributed by atoms with E-state index in [1.54, 1.807) is 24.3 Å². The minimum absolute atomic E-state index is 0.0790. The number of hydrogen-bond donors (Lipinski definition) is 4. The Morgan fingerprint density at radius 3 is 2.45 bits per heavy atom. The van der Waals surface area contributed by atoms with E-state index in [0.717, 1.165) is 0 Å². The first-order valence-electron chi connectivity index (χ1n) is 7.00. The molecule has 1 aromatic carbocycles. The molecule has 0 aliphatic heterocycles. The third-order valence-corrected chi connectivity index (χ3v) is 3.43. The molecule has 1 aromatic rings. The Labute approximate surface area is 134 Å². The molecule has 120 valence electrons. The zero-order valence-electron chi connectivity index (χ0n) is 12.5. The van der Waals surface area contributed by atoms with Crippen molar-refractivity contribution in [2.24, 2.45) is 17.4 Å². The van der Waals surface area contributed by atoms with Crippen molar-refractivity contribution in [1.29, 1.82) is 0 Å². The summed E-state index contributed by atoms with van der Waals surface area (Å²) in [6.45, 7) is 2.47. The Hall–Kier alpha value is -2.08. The van der Waals surface area contributed by atoms with Crippen molar-refractivity contribution in [3.63, 3.8) is 0 Å². The summed E-state index contributed by atoms with van der Waals surface area (Å²) in [4.78, 5) is 26.6. The highest BCUT2D eigenvalue weighted by Gasteiger charge is 2.21. The number of halogens is 1. The lowest BCUT2D eigenvalue weighted by Crippen LogP contribution is -2.77. The highest BCUT2D eigenvalue weighted by molar-refractivity contribution is 6.27. The quantitative estimate of drug-likeness (QED) is 0.278. The van der Waals surface area contributed by atoms with E-state index in [1.165, 1.54) is 0 Å². The third-order valence-electron chi connectivity index (χ3n) is 3.14. The molecular weight excluding hydrogens is 304 g/mol. The number of amides is 2. The lowest BCUT2D eigenvalue weighted by atomic mass is 10.0. The molecule has 0 radical (unpaired) electrons. The van der Waals surface area contributed by atoms with Crippen LogP contribution in [-0.2, 0) is 4.79 Å². The summed E-state index contributed by atoms with van der Waals surface area (Å²) in [6.07, 6.45) is 0.413. The number of hydrogen-bond acceptors (Lipinski definition) is 2. The van der Waals surface area contributed by atoms with Crippen LogP contribution in [0.3, 0.4) is 0 Å². The van der Waals surface area contributed by atoms with E-state index >= 15 is 0 Å². The molecule has 0 fully saturated rings. The summed E-state index contributed by atoms with van der Waals surface area (Å²) in [5.74, 6) is -0.119. The minimum Gasteiger partial charge on any atom is -0.368 e. The number of benzene rings is 1. The molecule has 2 atom stereocenters. The number of amidine groups is 1. The van der Waals surface area contributed by atoms with Crippen LogP contribution in [0.5, 0.6) is 0 Å². The molecule has 2 amide bonds. The summed E-state index contributed by atoms with van der Waals surface area (Å²) < 4.78 is 0. The zero-order chi connectivity index (χ0) is 16.5. The second-order valence-electron chi connectivity index (χ2n) is 5.18. The molecule has 0 saturated carbocycles. The molecule has 0 aliphatic carbocycles. The fraction of sp³-hybridized carbons (Fsp3) is 0.400. The average Bonchev–Trinajstić information content (AvgIpc) is 2.52. The molecule has 22 heavy (non-hydrogen) atoms. The van der Waals surface area contributed by atoms with Crippen molar-refractivity contribution in [2.75, 3.05) is 12.4 Å². The molecule has 0 spiro atoms. The van der Waals surface area contributed by atoms with E-state index in [1.807, 2.05) is 13.0 Å². The van der Waals surface area contributed by atoms with Crippen molar-refractivity contribution in [3.05, 3.63) is 35.9 Å². The minimum atomic E-state index is -0.735. The van der Waals surface area contributed by atoms with Crippen LogP contribution in [0.2, 0.25) is 0 Å². The van der Waals surface area contributed by atoms with Crippen LogP contribution in [0.1, 0.15) is 23.7 Å². The van der Waals surface area contributed by atoms with Gasteiger partial charge in [-0.05, 0) is 24.5 Å². The third kappa shape index (κ3) is 6.13. The summed E-state index contributed by atoms with van der Waals surface area (Å²) in [7, 11) is 0. The van der Waals surface area contributed by atoms with Gasteiger partial charge in [-0.1, -0.05) is 25.1 Å². The van der Waals surface area contributed by atoms with Crippen LogP contribution >= 0.6 is 11.6 Å². The number of nitrogens with two attached hydrogens (primary N) is 2. The van der Waals surface area contributed by atoms with Crippen LogP contribution in [-0.4, -0.2) is 36.1 Å². The number of primary amides is 1. The highest BCUT2D eigenvalue weighted by atomic mass is 35.5. The fourth-order valence-electron chi connectivity index (χ4n) is 1.92. The first kappa shape index (κ1) is 18.0. The predicted octanol–water partition coefficient (Wildman–Crippen LogP) is -1.03. The number of rotatable bonds is 8. The molecule has 6 N–H and O–H groups in total.